The summed E-state index contributed by atoms with van der Waals surface area (Å²) >= 11 is 0. The van der Waals surface area contributed by atoms with Gasteiger partial charge in [-0.05, 0) is 37.3 Å². The molecular weight excluding hydrogens is 222 g/mol. The Bertz CT molecular complexity index is 420. The fourth-order valence-electron chi connectivity index (χ4n) is 1.23. The monoisotopic (exact) mass is 237 g/mol. The molecule has 0 spiro atoms. The van der Waals surface area contributed by atoms with Crippen molar-refractivity contribution >= 4 is 8.32 Å². The Balaban J connectivity index is 2.97. The second-order valence-electron chi connectivity index (χ2n) is 4.49. The first-order valence-corrected chi connectivity index (χ1v) is 8.33. The highest BCUT2D eigenvalue weighted by atomic mass is 28.4. The molecule has 1 unspecified atom stereocenters. The predicted molar refractivity (Wildman–Crippen MR) is 62.6 cm³/mol. The third-order valence-corrected chi connectivity index (χ3v) is 2.83. The Kier molecular flexibility index (Phi) is 3.57. The lowest BCUT2D eigenvalue weighted by molar-refractivity contribution is 0.254. The SMILES string of the molecule is C[Si](C)(C)OC(C#N)c1ccc(O)c(O)c1. The summed E-state index contributed by atoms with van der Waals surface area (Å²) in [5.41, 5.74) is 0.556. The van der Waals surface area contributed by atoms with Crippen LogP contribution in [0.1, 0.15) is 11.7 Å². The summed E-state index contributed by atoms with van der Waals surface area (Å²) in [5, 5.41) is 27.5. The molecule has 0 heterocycles. The van der Waals surface area contributed by atoms with Gasteiger partial charge in [-0.2, -0.15) is 5.26 Å². The third-order valence-electron chi connectivity index (χ3n) is 1.89. The lowest BCUT2D eigenvalue weighted by atomic mass is 10.1. The number of phenolic OH excluding ortho intramolecular Hbond substituents is 2. The molecule has 0 aliphatic heterocycles. The Hall–Kier alpha value is -1.51. The van der Waals surface area contributed by atoms with E-state index in [4.69, 9.17) is 14.8 Å². The van der Waals surface area contributed by atoms with Crippen molar-refractivity contribution in [3.63, 3.8) is 0 Å². The lowest BCUT2D eigenvalue weighted by Gasteiger charge is -2.21. The van der Waals surface area contributed by atoms with Gasteiger partial charge in [0.2, 0.25) is 0 Å². The van der Waals surface area contributed by atoms with Gasteiger partial charge in [0.15, 0.2) is 25.9 Å². The van der Waals surface area contributed by atoms with Crippen molar-refractivity contribution in [1.82, 2.24) is 0 Å². The molecule has 1 aromatic carbocycles. The number of hydrogen-bond donors (Lipinski definition) is 2. The van der Waals surface area contributed by atoms with Crippen molar-refractivity contribution in [2.75, 3.05) is 0 Å². The molecule has 4 nitrogen and oxygen atoms in total. The van der Waals surface area contributed by atoms with E-state index in [-0.39, 0.29) is 11.5 Å². The number of aromatic hydroxyl groups is 2. The molecule has 5 heteroatoms. The van der Waals surface area contributed by atoms with Gasteiger partial charge in [-0.1, -0.05) is 6.07 Å². The maximum absolute atomic E-state index is 9.34. The minimum absolute atomic E-state index is 0.201. The molecule has 86 valence electrons. The van der Waals surface area contributed by atoms with E-state index in [0.29, 0.717) is 5.56 Å². The molecule has 0 amide bonds. The van der Waals surface area contributed by atoms with Gasteiger partial charge >= 0.3 is 0 Å². The number of nitriles is 1. The molecule has 0 aliphatic rings. The van der Waals surface area contributed by atoms with E-state index in [1.807, 2.05) is 25.7 Å². The van der Waals surface area contributed by atoms with E-state index in [9.17, 15) is 5.11 Å². The van der Waals surface area contributed by atoms with Gasteiger partial charge in [-0.3, -0.25) is 0 Å². The van der Waals surface area contributed by atoms with Crippen LogP contribution in [-0.2, 0) is 4.43 Å². The van der Waals surface area contributed by atoms with Gasteiger partial charge in [0, 0.05) is 0 Å². The third kappa shape index (κ3) is 3.26. The normalized spacial score (nSPS) is 13.1. The lowest BCUT2D eigenvalue weighted by Crippen LogP contribution is -2.27. The minimum Gasteiger partial charge on any atom is -0.504 e. The Labute approximate surface area is 95.9 Å². The van der Waals surface area contributed by atoms with Crippen LogP contribution in [0.15, 0.2) is 18.2 Å². The molecule has 0 aromatic heterocycles. The highest BCUT2D eigenvalue weighted by Crippen LogP contribution is 2.30. The van der Waals surface area contributed by atoms with Crippen molar-refractivity contribution in [2.45, 2.75) is 25.7 Å². The summed E-state index contributed by atoms with van der Waals surface area (Å²) in [4.78, 5) is 0. The van der Waals surface area contributed by atoms with Crippen LogP contribution in [0.4, 0.5) is 0 Å². The number of rotatable bonds is 3. The molecule has 1 atom stereocenters. The van der Waals surface area contributed by atoms with Crippen molar-refractivity contribution in [2.24, 2.45) is 0 Å². The smallest absolute Gasteiger partial charge is 0.186 e. The zero-order chi connectivity index (χ0) is 12.3. The zero-order valence-electron chi connectivity index (χ0n) is 9.56. The van der Waals surface area contributed by atoms with E-state index < -0.39 is 14.4 Å². The number of phenols is 2. The van der Waals surface area contributed by atoms with Crippen LogP contribution in [0.5, 0.6) is 11.5 Å². The molecule has 1 rings (SSSR count). The first-order chi connectivity index (χ1) is 7.33. The van der Waals surface area contributed by atoms with E-state index >= 15 is 0 Å². The van der Waals surface area contributed by atoms with E-state index in [1.54, 1.807) is 6.07 Å². The van der Waals surface area contributed by atoms with Crippen LogP contribution in [-0.4, -0.2) is 18.5 Å². The average Bonchev–Trinajstić information content (AvgIpc) is 2.17. The highest BCUT2D eigenvalue weighted by molar-refractivity contribution is 6.69. The van der Waals surface area contributed by atoms with Crippen LogP contribution in [0.3, 0.4) is 0 Å². The Morgan fingerprint density at radius 2 is 1.88 bits per heavy atom. The summed E-state index contributed by atoms with van der Waals surface area (Å²) in [6.45, 7) is 5.95. The van der Waals surface area contributed by atoms with Gasteiger partial charge in [-0.25, -0.2) is 0 Å². The van der Waals surface area contributed by atoms with Crippen LogP contribution < -0.4 is 0 Å². The fraction of sp³-hybridized carbons (Fsp3) is 0.364. The van der Waals surface area contributed by atoms with Gasteiger partial charge in [0.25, 0.3) is 0 Å². The quantitative estimate of drug-likeness (QED) is 0.625. The largest absolute Gasteiger partial charge is 0.504 e. The first kappa shape index (κ1) is 12.6. The van der Waals surface area contributed by atoms with Crippen molar-refractivity contribution in [1.29, 1.82) is 5.26 Å². The van der Waals surface area contributed by atoms with Crippen LogP contribution in [0, 0.1) is 11.3 Å². The van der Waals surface area contributed by atoms with Gasteiger partial charge in [0.1, 0.15) is 0 Å². The average molecular weight is 237 g/mol. The number of benzene rings is 1. The van der Waals surface area contributed by atoms with E-state index in [2.05, 4.69) is 0 Å². The number of hydrogen-bond acceptors (Lipinski definition) is 4. The molecule has 0 radical (unpaired) electrons. The summed E-state index contributed by atoms with van der Waals surface area (Å²) < 4.78 is 5.65. The highest BCUT2D eigenvalue weighted by Gasteiger charge is 2.22. The maximum atomic E-state index is 9.34. The summed E-state index contributed by atoms with van der Waals surface area (Å²) in [6, 6.07) is 6.31. The molecule has 0 saturated heterocycles. The zero-order valence-corrected chi connectivity index (χ0v) is 10.6. The second kappa shape index (κ2) is 4.55. The molecule has 0 fully saturated rings. The fourth-order valence-corrected chi connectivity index (χ4v) is 2.12. The standard InChI is InChI=1S/C11H15NO3Si/c1-16(2,3)15-11(7-12)8-4-5-9(13)10(14)6-8/h4-6,11,13-14H,1-3H3. The molecule has 0 bridgehead atoms. The van der Waals surface area contributed by atoms with Crippen LogP contribution in [0.25, 0.3) is 0 Å². The number of nitrogens with zero attached hydrogens (tertiary/aromatic N) is 1. The molecule has 0 saturated carbocycles. The van der Waals surface area contributed by atoms with Crippen molar-refractivity contribution in [3.05, 3.63) is 23.8 Å². The van der Waals surface area contributed by atoms with Gasteiger partial charge < -0.3 is 14.6 Å². The van der Waals surface area contributed by atoms with Gasteiger partial charge in [-0.15, -0.1) is 0 Å². The Morgan fingerprint density at radius 1 is 1.25 bits per heavy atom. The van der Waals surface area contributed by atoms with Crippen molar-refractivity contribution in [3.8, 4) is 17.6 Å². The van der Waals surface area contributed by atoms with Crippen LogP contribution >= 0.6 is 0 Å². The van der Waals surface area contributed by atoms with Crippen molar-refractivity contribution < 1.29 is 14.6 Å². The topological polar surface area (TPSA) is 73.5 Å². The maximum Gasteiger partial charge on any atom is 0.186 e. The summed E-state index contributed by atoms with van der Waals surface area (Å²) in [6.07, 6.45) is -0.696. The minimum atomic E-state index is -1.82. The molecular formula is C11H15NO3Si. The van der Waals surface area contributed by atoms with E-state index in [0.717, 1.165) is 0 Å². The second-order valence-corrected chi connectivity index (χ2v) is 8.95. The Morgan fingerprint density at radius 3 is 2.31 bits per heavy atom. The molecule has 1 aromatic rings. The first-order valence-electron chi connectivity index (χ1n) is 4.93. The molecule has 0 aliphatic carbocycles. The van der Waals surface area contributed by atoms with Crippen LogP contribution in [0.2, 0.25) is 19.6 Å². The predicted octanol–water partition coefficient (Wildman–Crippen LogP) is 2.51. The summed E-state index contributed by atoms with van der Waals surface area (Å²) in [7, 11) is -1.82. The van der Waals surface area contributed by atoms with Gasteiger partial charge in [0.05, 0.1) is 6.07 Å². The molecule has 2 N–H and O–H groups in total. The van der Waals surface area contributed by atoms with E-state index in [1.165, 1.54) is 12.1 Å². The summed E-state index contributed by atoms with van der Waals surface area (Å²) in [5.74, 6) is -0.439. The molecule has 16 heavy (non-hydrogen) atoms.